The molecule has 4 nitrogen and oxygen atoms in total. The molecule has 1 aromatic rings. The number of halogens is 2. The number of carboxylic acids is 1. The lowest BCUT2D eigenvalue weighted by atomic mass is 9.99. The summed E-state index contributed by atoms with van der Waals surface area (Å²) in [6.45, 7) is 1.34. The summed E-state index contributed by atoms with van der Waals surface area (Å²) in [5, 5.41) is 9.12. The minimum atomic E-state index is -1.56. The van der Waals surface area contributed by atoms with Gasteiger partial charge in [0.05, 0.1) is 10.7 Å². The van der Waals surface area contributed by atoms with Gasteiger partial charge in [0.2, 0.25) is 0 Å². The molecule has 0 amide bonds. The summed E-state index contributed by atoms with van der Waals surface area (Å²) in [5.74, 6) is -1.18. The molecule has 3 N–H and O–H groups in total. The molecule has 0 saturated heterocycles. The van der Waals surface area contributed by atoms with Crippen LogP contribution < -0.4 is 5.73 Å². The van der Waals surface area contributed by atoms with Crippen LogP contribution in [0.3, 0.4) is 0 Å². The van der Waals surface area contributed by atoms with Gasteiger partial charge in [0.1, 0.15) is 5.15 Å². The summed E-state index contributed by atoms with van der Waals surface area (Å²) in [6.07, 6.45) is 0. The van der Waals surface area contributed by atoms with Crippen LogP contribution in [-0.4, -0.2) is 16.1 Å². The van der Waals surface area contributed by atoms with Crippen molar-refractivity contribution in [3.8, 4) is 0 Å². The molecular weight excluding hydrogens is 227 g/mol. The van der Waals surface area contributed by atoms with E-state index in [1.165, 1.54) is 19.1 Å². The Hall–Kier alpha value is -0.840. The number of carboxylic acid groups (broad SMARTS) is 1. The average molecular weight is 235 g/mol. The fourth-order valence-corrected chi connectivity index (χ4v) is 1.08. The van der Waals surface area contributed by atoms with Crippen LogP contribution >= 0.6 is 23.2 Å². The minimum absolute atomic E-state index is 0.0436. The van der Waals surface area contributed by atoms with Crippen LogP contribution in [0.25, 0.3) is 0 Å². The third kappa shape index (κ3) is 1.97. The summed E-state index contributed by atoms with van der Waals surface area (Å²) in [7, 11) is 0. The fraction of sp³-hybridized carbons (Fsp3) is 0.250. The summed E-state index contributed by atoms with van der Waals surface area (Å²) < 4.78 is 0. The zero-order chi connectivity index (χ0) is 10.9. The highest BCUT2D eigenvalue weighted by molar-refractivity contribution is 6.41. The lowest BCUT2D eigenvalue weighted by molar-refractivity contribution is -0.143. The van der Waals surface area contributed by atoms with Crippen molar-refractivity contribution in [2.75, 3.05) is 0 Å². The number of carbonyl (C=O) groups is 1. The van der Waals surface area contributed by atoms with Crippen LogP contribution in [0, 0.1) is 0 Å². The molecule has 76 valence electrons. The molecule has 0 aromatic carbocycles. The van der Waals surface area contributed by atoms with E-state index < -0.39 is 11.5 Å². The highest BCUT2D eigenvalue weighted by Gasteiger charge is 2.32. The topological polar surface area (TPSA) is 76.2 Å². The fourth-order valence-electron chi connectivity index (χ4n) is 0.816. The number of hydrogen-bond donors (Lipinski definition) is 2. The maximum Gasteiger partial charge on any atom is 0.329 e. The van der Waals surface area contributed by atoms with Gasteiger partial charge in [0.25, 0.3) is 0 Å². The van der Waals surface area contributed by atoms with Crippen molar-refractivity contribution in [2.45, 2.75) is 12.5 Å². The summed E-state index contributed by atoms with van der Waals surface area (Å²) in [6, 6.07) is 2.89. The van der Waals surface area contributed by atoms with E-state index >= 15 is 0 Å². The van der Waals surface area contributed by atoms with Crippen molar-refractivity contribution in [3.63, 3.8) is 0 Å². The second kappa shape index (κ2) is 3.73. The van der Waals surface area contributed by atoms with Crippen LogP contribution in [0.2, 0.25) is 10.2 Å². The lowest BCUT2D eigenvalue weighted by Crippen LogP contribution is -2.42. The highest BCUT2D eigenvalue weighted by atomic mass is 35.5. The van der Waals surface area contributed by atoms with E-state index in [-0.39, 0.29) is 15.9 Å². The zero-order valence-electron chi connectivity index (χ0n) is 7.29. The molecule has 0 aliphatic rings. The first-order valence-corrected chi connectivity index (χ1v) is 4.46. The molecule has 0 fully saturated rings. The van der Waals surface area contributed by atoms with Gasteiger partial charge in [-0.25, -0.2) is 9.78 Å². The molecule has 1 unspecified atom stereocenters. The van der Waals surface area contributed by atoms with Gasteiger partial charge in [0.15, 0.2) is 5.54 Å². The molecule has 1 heterocycles. The molecule has 1 atom stereocenters. The summed E-state index contributed by atoms with van der Waals surface area (Å²) in [4.78, 5) is 14.6. The van der Waals surface area contributed by atoms with Gasteiger partial charge in [-0.2, -0.15) is 0 Å². The Morgan fingerprint density at radius 2 is 2.14 bits per heavy atom. The van der Waals surface area contributed by atoms with E-state index in [0.717, 1.165) is 0 Å². The normalized spacial score (nSPS) is 14.9. The number of hydrogen-bond acceptors (Lipinski definition) is 3. The van der Waals surface area contributed by atoms with Crippen LogP contribution in [-0.2, 0) is 10.3 Å². The van der Waals surface area contributed by atoms with Gasteiger partial charge in [-0.1, -0.05) is 23.2 Å². The molecule has 14 heavy (non-hydrogen) atoms. The second-order valence-electron chi connectivity index (χ2n) is 2.98. The van der Waals surface area contributed by atoms with E-state index in [4.69, 9.17) is 34.0 Å². The van der Waals surface area contributed by atoms with Crippen LogP contribution in [0.1, 0.15) is 12.6 Å². The second-order valence-corrected chi connectivity index (χ2v) is 3.74. The summed E-state index contributed by atoms with van der Waals surface area (Å²) >= 11 is 11.3. The minimum Gasteiger partial charge on any atom is -0.480 e. The van der Waals surface area contributed by atoms with E-state index in [0.29, 0.717) is 0 Å². The SMILES string of the molecule is CC(N)(C(=O)O)c1ccc(Cl)c(Cl)n1. The van der Waals surface area contributed by atoms with E-state index in [9.17, 15) is 4.79 Å². The van der Waals surface area contributed by atoms with E-state index in [2.05, 4.69) is 4.98 Å². The van der Waals surface area contributed by atoms with Crippen molar-refractivity contribution in [3.05, 3.63) is 28.0 Å². The van der Waals surface area contributed by atoms with Gasteiger partial charge in [0, 0.05) is 0 Å². The van der Waals surface area contributed by atoms with Crippen LogP contribution in [0.5, 0.6) is 0 Å². The Morgan fingerprint density at radius 1 is 1.57 bits per heavy atom. The number of nitrogens with zero attached hydrogens (tertiary/aromatic N) is 1. The van der Waals surface area contributed by atoms with Crippen molar-refractivity contribution in [2.24, 2.45) is 5.73 Å². The van der Waals surface area contributed by atoms with Crippen molar-refractivity contribution in [1.29, 1.82) is 0 Å². The van der Waals surface area contributed by atoms with Gasteiger partial charge >= 0.3 is 5.97 Å². The number of aromatic nitrogens is 1. The molecule has 0 aliphatic heterocycles. The monoisotopic (exact) mass is 234 g/mol. The number of aliphatic carboxylic acids is 1. The molecular formula is C8H8Cl2N2O2. The van der Waals surface area contributed by atoms with Gasteiger partial charge in [-0.05, 0) is 19.1 Å². The average Bonchev–Trinajstić information content (AvgIpc) is 2.09. The highest BCUT2D eigenvalue weighted by Crippen LogP contribution is 2.23. The predicted molar refractivity (Wildman–Crippen MR) is 53.4 cm³/mol. The Kier molecular flexibility index (Phi) is 2.99. The molecule has 0 radical (unpaired) electrons. The first-order chi connectivity index (χ1) is 6.35. The molecule has 0 aliphatic carbocycles. The van der Waals surface area contributed by atoms with Gasteiger partial charge in [-0.15, -0.1) is 0 Å². The zero-order valence-corrected chi connectivity index (χ0v) is 8.80. The molecule has 0 bridgehead atoms. The van der Waals surface area contributed by atoms with E-state index in [1.807, 2.05) is 0 Å². The number of rotatable bonds is 2. The van der Waals surface area contributed by atoms with Crippen LogP contribution in [0.15, 0.2) is 12.1 Å². The molecule has 6 heteroatoms. The van der Waals surface area contributed by atoms with E-state index in [1.54, 1.807) is 0 Å². The maximum atomic E-state index is 10.8. The number of pyridine rings is 1. The molecule has 0 spiro atoms. The first kappa shape index (κ1) is 11.2. The lowest BCUT2D eigenvalue weighted by Gasteiger charge is -2.18. The number of nitrogens with two attached hydrogens (primary N) is 1. The molecule has 0 saturated carbocycles. The standard InChI is InChI=1S/C8H8Cl2N2O2/c1-8(11,7(13)14)5-3-2-4(9)6(10)12-5/h2-3H,11H2,1H3,(H,13,14). The quantitative estimate of drug-likeness (QED) is 0.764. The smallest absolute Gasteiger partial charge is 0.329 e. The maximum absolute atomic E-state index is 10.8. The summed E-state index contributed by atoms with van der Waals surface area (Å²) in [5.41, 5.74) is 4.14. The van der Waals surface area contributed by atoms with Gasteiger partial charge < -0.3 is 10.8 Å². The van der Waals surface area contributed by atoms with Crippen LogP contribution in [0.4, 0.5) is 0 Å². The predicted octanol–water partition coefficient (Wildman–Crippen LogP) is 1.65. The third-order valence-electron chi connectivity index (χ3n) is 1.78. The Balaban J connectivity index is 3.21. The first-order valence-electron chi connectivity index (χ1n) is 3.70. The van der Waals surface area contributed by atoms with Crippen molar-refractivity contribution < 1.29 is 9.90 Å². The molecule has 1 rings (SSSR count). The van der Waals surface area contributed by atoms with Crippen molar-refractivity contribution in [1.82, 2.24) is 4.98 Å². The Morgan fingerprint density at radius 3 is 2.57 bits per heavy atom. The van der Waals surface area contributed by atoms with Gasteiger partial charge in [-0.3, -0.25) is 0 Å². The van der Waals surface area contributed by atoms with Crippen molar-refractivity contribution >= 4 is 29.2 Å². The third-order valence-corrected chi connectivity index (χ3v) is 2.47. The molecule has 1 aromatic heterocycles. The largest absolute Gasteiger partial charge is 0.480 e. The Labute approximate surface area is 90.6 Å². The Bertz CT molecular complexity index is 380.